The minimum Gasteiger partial charge on any atom is -0.394 e. The van der Waals surface area contributed by atoms with Gasteiger partial charge in [0.25, 0.3) is 0 Å². The second-order valence-corrected chi connectivity index (χ2v) is 4.41. The van der Waals surface area contributed by atoms with Crippen LogP contribution in [-0.2, 0) is 0 Å². The quantitative estimate of drug-likeness (QED) is 0.886. The van der Waals surface area contributed by atoms with Crippen LogP contribution in [0.15, 0.2) is 42.5 Å². The molecule has 2 aromatic carbocycles. The van der Waals surface area contributed by atoms with Gasteiger partial charge in [-0.15, -0.1) is 0 Å². The van der Waals surface area contributed by atoms with Gasteiger partial charge in [0.05, 0.1) is 12.6 Å². The highest BCUT2D eigenvalue weighted by Crippen LogP contribution is 2.22. The maximum atomic E-state index is 13.7. The van der Waals surface area contributed by atoms with Crippen LogP contribution in [0.25, 0.3) is 0 Å². The van der Waals surface area contributed by atoms with Crippen molar-refractivity contribution in [2.45, 2.75) is 13.0 Å². The lowest BCUT2D eigenvalue weighted by atomic mass is 10.1. The van der Waals surface area contributed by atoms with Crippen LogP contribution in [0, 0.1) is 18.6 Å². The summed E-state index contributed by atoms with van der Waals surface area (Å²) in [6.07, 6.45) is 0. The summed E-state index contributed by atoms with van der Waals surface area (Å²) in [4.78, 5) is 0. The standard InChI is InChI=1S/C15H15F2NO/c1-10-2-5-12(6-3-10)18-15(9-19)13-7-4-11(16)8-14(13)17/h2-8,15,18-19H,9H2,1H3. The molecule has 0 fully saturated rings. The number of aliphatic hydroxyl groups excluding tert-OH is 1. The van der Waals surface area contributed by atoms with Crippen molar-refractivity contribution in [3.05, 3.63) is 65.2 Å². The van der Waals surface area contributed by atoms with E-state index in [4.69, 9.17) is 0 Å². The third-order valence-corrected chi connectivity index (χ3v) is 2.91. The summed E-state index contributed by atoms with van der Waals surface area (Å²) >= 11 is 0. The second-order valence-electron chi connectivity index (χ2n) is 4.41. The number of hydrogen-bond acceptors (Lipinski definition) is 2. The molecule has 0 aliphatic heterocycles. The van der Waals surface area contributed by atoms with E-state index in [2.05, 4.69) is 5.32 Å². The zero-order chi connectivity index (χ0) is 13.8. The van der Waals surface area contributed by atoms with Gasteiger partial charge in [-0.3, -0.25) is 0 Å². The van der Waals surface area contributed by atoms with E-state index in [1.54, 1.807) is 0 Å². The first kappa shape index (κ1) is 13.5. The Morgan fingerprint density at radius 1 is 1.11 bits per heavy atom. The Bertz CT molecular complexity index is 555. The summed E-state index contributed by atoms with van der Waals surface area (Å²) in [6, 6.07) is 10.2. The van der Waals surface area contributed by atoms with Crippen LogP contribution in [0.1, 0.15) is 17.2 Å². The first-order chi connectivity index (χ1) is 9.10. The third-order valence-electron chi connectivity index (χ3n) is 2.91. The van der Waals surface area contributed by atoms with E-state index < -0.39 is 17.7 Å². The molecule has 2 N–H and O–H groups in total. The van der Waals surface area contributed by atoms with E-state index >= 15 is 0 Å². The Hall–Kier alpha value is -1.94. The molecule has 0 saturated carbocycles. The maximum Gasteiger partial charge on any atom is 0.131 e. The number of aryl methyl sites for hydroxylation is 1. The summed E-state index contributed by atoms with van der Waals surface area (Å²) in [7, 11) is 0. The zero-order valence-electron chi connectivity index (χ0n) is 10.5. The number of rotatable bonds is 4. The molecule has 2 aromatic rings. The normalized spacial score (nSPS) is 12.2. The summed E-state index contributed by atoms with van der Waals surface area (Å²) in [5, 5.41) is 12.4. The van der Waals surface area contributed by atoms with E-state index in [-0.39, 0.29) is 12.2 Å². The van der Waals surface area contributed by atoms with E-state index in [0.717, 1.165) is 17.3 Å². The molecule has 2 rings (SSSR count). The van der Waals surface area contributed by atoms with Gasteiger partial charge in [0.1, 0.15) is 11.6 Å². The van der Waals surface area contributed by atoms with Gasteiger partial charge in [-0.1, -0.05) is 23.8 Å². The maximum absolute atomic E-state index is 13.7. The van der Waals surface area contributed by atoms with Crippen molar-refractivity contribution in [3.8, 4) is 0 Å². The first-order valence-corrected chi connectivity index (χ1v) is 5.99. The average Bonchev–Trinajstić information content (AvgIpc) is 2.39. The van der Waals surface area contributed by atoms with Gasteiger partial charge in [-0.2, -0.15) is 0 Å². The molecule has 19 heavy (non-hydrogen) atoms. The topological polar surface area (TPSA) is 32.3 Å². The lowest BCUT2D eigenvalue weighted by Gasteiger charge is -2.18. The van der Waals surface area contributed by atoms with E-state index in [1.807, 2.05) is 31.2 Å². The highest BCUT2D eigenvalue weighted by atomic mass is 19.1. The Morgan fingerprint density at radius 3 is 2.37 bits per heavy atom. The fourth-order valence-corrected chi connectivity index (χ4v) is 1.86. The molecule has 0 amide bonds. The van der Waals surface area contributed by atoms with Crippen LogP contribution in [0.2, 0.25) is 0 Å². The highest BCUT2D eigenvalue weighted by Gasteiger charge is 2.15. The van der Waals surface area contributed by atoms with Crippen molar-refractivity contribution < 1.29 is 13.9 Å². The number of hydrogen-bond donors (Lipinski definition) is 2. The van der Waals surface area contributed by atoms with E-state index in [9.17, 15) is 13.9 Å². The van der Waals surface area contributed by atoms with Crippen LogP contribution in [0.3, 0.4) is 0 Å². The number of halogens is 2. The molecule has 1 unspecified atom stereocenters. The van der Waals surface area contributed by atoms with Gasteiger partial charge in [0.15, 0.2) is 0 Å². The Labute approximate surface area is 110 Å². The molecular weight excluding hydrogens is 248 g/mol. The molecule has 2 nitrogen and oxygen atoms in total. The zero-order valence-corrected chi connectivity index (χ0v) is 10.5. The van der Waals surface area contributed by atoms with Crippen molar-refractivity contribution in [1.82, 2.24) is 0 Å². The summed E-state index contributed by atoms with van der Waals surface area (Å²) in [6.45, 7) is 1.68. The predicted molar refractivity (Wildman–Crippen MR) is 71.0 cm³/mol. The molecule has 0 heterocycles. The minimum absolute atomic E-state index is 0.240. The molecule has 0 aliphatic carbocycles. The van der Waals surface area contributed by atoms with Crippen LogP contribution in [0.5, 0.6) is 0 Å². The molecule has 0 spiro atoms. The molecule has 0 radical (unpaired) electrons. The first-order valence-electron chi connectivity index (χ1n) is 5.99. The van der Waals surface area contributed by atoms with Crippen molar-refractivity contribution in [1.29, 1.82) is 0 Å². The number of nitrogens with one attached hydrogen (secondary N) is 1. The molecule has 100 valence electrons. The van der Waals surface area contributed by atoms with Crippen molar-refractivity contribution in [3.63, 3.8) is 0 Å². The second kappa shape index (κ2) is 5.80. The van der Waals surface area contributed by atoms with Crippen LogP contribution >= 0.6 is 0 Å². The predicted octanol–water partition coefficient (Wildman–Crippen LogP) is 3.42. The van der Waals surface area contributed by atoms with Gasteiger partial charge in [-0.25, -0.2) is 8.78 Å². The Balaban J connectivity index is 2.22. The van der Waals surface area contributed by atoms with Crippen molar-refractivity contribution >= 4 is 5.69 Å². The Kier molecular flexibility index (Phi) is 4.12. The van der Waals surface area contributed by atoms with Gasteiger partial charge in [-0.05, 0) is 25.1 Å². The summed E-state index contributed by atoms with van der Waals surface area (Å²) in [5.41, 5.74) is 2.12. The lowest BCUT2D eigenvalue weighted by Crippen LogP contribution is -2.16. The summed E-state index contributed by atoms with van der Waals surface area (Å²) < 4.78 is 26.5. The molecule has 1 atom stereocenters. The van der Waals surface area contributed by atoms with Crippen molar-refractivity contribution in [2.75, 3.05) is 11.9 Å². The van der Waals surface area contributed by atoms with Crippen LogP contribution in [-0.4, -0.2) is 11.7 Å². The third kappa shape index (κ3) is 3.29. The van der Waals surface area contributed by atoms with Crippen molar-refractivity contribution in [2.24, 2.45) is 0 Å². The molecule has 0 aromatic heterocycles. The lowest BCUT2D eigenvalue weighted by molar-refractivity contribution is 0.273. The van der Waals surface area contributed by atoms with Gasteiger partial charge >= 0.3 is 0 Å². The Morgan fingerprint density at radius 2 is 1.79 bits per heavy atom. The van der Waals surface area contributed by atoms with Gasteiger partial charge in [0.2, 0.25) is 0 Å². The van der Waals surface area contributed by atoms with Crippen LogP contribution in [0.4, 0.5) is 14.5 Å². The molecule has 0 saturated heterocycles. The SMILES string of the molecule is Cc1ccc(NC(CO)c2ccc(F)cc2F)cc1. The summed E-state index contributed by atoms with van der Waals surface area (Å²) in [5.74, 6) is -1.30. The largest absolute Gasteiger partial charge is 0.394 e. The van der Waals surface area contributed by atoms with E-state index in [0.29, 0.717) is 0 Å². The minimum atomic E-state index is -0.668. The van der Waals surface area contributed by atoms with Gasteiger partial charge in [0, 0.05) is 17.3 Å². The molecule has 4 heteroatoms. The number of benzene rings is 2. The molecule has 0 aliphatic rings. The number of anilines is 1. The van der Waals surface area contributed by atoms with Gasteiger partial charge < -0.3 is 10.4 Å². The molecule has 0 bridgehead atoms. The van der Waals surface area contributed by atoms with Crippen LogP contribution < -0.4 is 5.32 Å². The molecular formula is C15H15F2NO. The fourth-order valence-electron chi connectivity index (χ4n) is 1.86. The van der Waals surface area contributed by atoms with E-state index in [1.165, 1.54) is 12.1 Å². The monoisotopic (exact) mass is 263 g/mol. The number of aliphatic hydroxyl groups is 1. The average molecular weight is 263 g/mol. The fraction of sp³-hybridized carbons (Fsp3) is 0.200. The smallest absolute Gasteiger partial charge is 0.131 e. The highest BCUT2D eigenvalue weighted by molar-refractivity contribution is 5.47.